The van der Waals surface area contributed by atoms with Crippen LogP contribution >= 0.6 is 27.5 Å². The summed E-state index contributed by atoms with van der Waals surface area (Å²) < 4.78 is 27.4. The Labute approximate surface area is 178 Å². The molecule has 28 heavy (non-hydrogen) atoms. The lowest BCUT2D eigenvalue weighted by Crippen LogP contribution is -2.50. The number of anilines is 1. The Morgan fingerprint density at radius 2 is 1.75 bits per heavy atom. The molecule has 0 saturated carbocycles. The highest BCUT2D eigenvalue weighted by atomic mass is 79.9. The van der Waals surface area contributed by atoms with Crippen molar-refractivity contribution in [3.8, 4) is 0 Å². The number of halogens is 2. The highest BCUT2D eigenvalue weighted by Crippen LogP contribution is 2.21. The van der Waals surface area contributed by atoms with Crippen LogP contribution in [-0.4, -0.2) is 57.1 Å². The van der Waals surface area contributed by atoms with Crippen molar-refractivity contribution in [1.29, 1.82) is 0 Å². The topological polar surface area (TPSA) is 69.7 Å². The third-order valence-corrected chi connectivity index (χ3v) is 7.27. The normalized spacial score (nSPS) is 15.4. The molecule has 1 aliphatic heterocycles. The molecule has 0 spiro atoms. The van der Waals surface area contributed by atoms with Gasteiger partial charge in [0.05, 0.1) is 16.3 Å². The molecule has 1 fully saturated rings. The summed E-state index contributed by atoms with van der Waals surface area (Å²) in [7, 11) is -3.44. The quantitative estimate of drug-likeness (QED) is 0.681. The minimum Gasteiger partial charge on any atom is -0.369 e. The minimum absolute atomic E-state index is 0.0307. The number of piperazine rings is 1. The SMILES string of the molecule is O=C(NCCS(=O)(=O)N1CCN(c2ccccc2)CC1)c1cc(Br)ccc1Cl. The molecule has 0 aliphatic carbocycles. The van der Waals surface area contributed by atoms with Crippen LogP contribution in [0.25, 0.3) is 0 Å². The number of carbonyl (C=O) groups excluding carboxylic acids is 1. The van der Waals surface area contributed by atoms with Gasteiger partial charge in [-0.15, -0.1) is 0 Å². The van der Waals surface area contributed by atoms with Crippen LogP contribution in [0.4, 0.5) is 5.69 Å². The monoisotopic (exact) mass is 485 g/mol. The number of hydrogen-bond donors (Lipinski definition) is 1. The summed E-state index contributed by atoms with van der Waals surface area (Å²) in [5.41, 5.74) is 1.41. The van der Waals surface area contributed by atoms with E-state index in [0.717, 1.165) is 10.2 Å². The first kappa shape index (κ1) is 21.1. The van der Waals surface area contributed by atoms with Gasteiger partial charge in [0.25, 0.3) is 5.91 Å². The van der Waals surface area contributed by atoms with Crippen molar-refractivity contribution in [3.63, 3.8) is 0 Å². The summed E-state index contributed by atoms with van der Waals surface area (Å²) in [6.07, 6.45) is 0. The summed E-state index contributed by atoms with van der Waals surface area (Å²) >= 11 is 9.33. The molecular weight excluding hydrogens is 466 g/mol. The zero-order valence-electron chi connectivity index (χ0n) is 15.1. The van der Waals surface area contributed by atoms with Crippen LogP contribution in [-0.2, 0) is 10.0 Å². The van der Waals surface area contributed by atoms with Crippen molar-refractivity contribution in [2.75, 3.05) is 43.4 Å². The van der Waals surface area contributed by atoms with E-state index >= 15 is 0 Å². The molecule has 0 bridgehead atoms. The van der Waals surface area contributed by atoms with Crippen molar-refractivity contribution < 1.29 is 13.2 Å². The predicted octanol–water partition coefficient (Wildman–Crippen LogP) is 2.98. The fraction of sp³-hybridized carbons (Fsp3) is 0.316. The Hall–Kier alpha value is -1.61. The Bertz CT molecular complexity index is 933. The second-order valence-electron chi connectivity index (χ2n) is 6.42. The number of nitrogens with zero attached hydrogens (tertiary/aromatic N) is 2. The molecule has 0 atom stereocenters. The Balaban J connectivity index is 1.51. The Morgan fingerprint density at radius 1 is 1.07 bits per heavy atom. The standard InChI is InChI=1S/C19H21BrClN3O3S/c20-15-6-7-18(21)17(14-15)19(25)22-8-13-28(26,27)24-11-9-23(10-12-24)16-4-2-1-3-5-16/h1-7,14H,8-13H2,(H,22,25). The predicted molar refractivity (Wildman–Crippen MR) is 116 cm³/mol. The van der Waals surface area contributed by atoms with Gasteiger partial charge in [0.15, 0.2) is 0 Å². The third kappa shape index (κ3) is 5.26. The van der Waals surface area contributed by atoms with Crippen LogP contribution in [0.3, 0.4) is 0 Å². The number of amides is 1. The number of rotatable bonds is 6. The van der Waals surface area contributed by atoms with Gasteiger partial charge in [-0.3, -0.25) is 4.79 Å². The first-order valence-electron chi connectivity index (χ1n) is 8.88. The summed E-state index contributed by atoms with van der Waals surface area (Å²) in [5.74, 6) is -0.536. The summed E-state index contributed by atoms with van der Waals surface area (Å²) in [6.45, 7) is 2.18. The van der Waals surface area contributed by atoms with E-state index in [0.29, 0.717) is 36.8 Å². The zero-order valence-corrected chi connectivity index (χ0v) is 18.3. The van der Waals surface area contributed by atoms with E-state index in [4.69, 9.17) is 11.6 Å². The first-order chi connectivity index (χ1) is 13.4. The van der Waals surface area contributed by atoms with Gasteiger partial charge in [-0.25, -0.2) is 8.42 Å². The zero-order chi connectivity index (χ0) is 20.1. The number of nitrogens with one attached hydrogen (secondary N) is 1. The van der Waals surface area contributed by atoms with Gasteiger partial charge in [0.2, 0.25) is 10.0 Å². The van der Waals surface area contributed by atoms with Crippen LogP contribution in [0, 0.1) is 0 Å². The van der Waals surface area contributed by atoms with E-state index in [1.54, 1.807) is 18.2 Å². The number of para-hydroxylation sites is 1. The van der Waals surface area contributed by atoms with E-state index in [-0.39, 0.29) is 12.3 Å². The maximum atomic E-state index is 12.6. The summed E-state index contributed by atoms with van der Waals surface area (Å²) in [4.78, 5) is 14.4. The van der Waals surface area contributed by atoms with E-state index in [1.165, 1.54) is 4.31 Å². The van der Waals surface area contributed by atoms with Gasteiger partial charge in [-0.05, 0) is 30.3 Å². The molecule has 3 rings (SSSR count). The molecule has 9 heteroatoms. The fourth-order valence-electron chi connectivity index (χ4n) is 3.05. The average Bonchev–Trinajstić information content (AvgIpc) is 2.70. The third-order valence-electron chi connectivity index (χ3n) is 4.57. The van der Waals surface area contributed by atoms with Crippen LogP contribution in [0.5, 0.6) is 0 Å². The highest BCUT2D eigenvalue weighted by molar-refractivity contribution is 9.10. The maximum absolute atomic E-state index is 12.6. The van der Waals surface area contributed by atoms with Crippen LogP contribution < -0.4 is 10.2 Å². The number of benzene rings is 2. The number of carbonyl (C=O) groups is 1. The van der Waals surface area contributed by atoms with Gasteiger partial charge < -0.3 is 10.2 Å². The molecule has 2 aromatic rings. The molecule has 1 N–H and O–H groups in total. The fourth-order valence-corrected chi connectivity index (χ4v) is 4.95. The van der Waals surface area contributed by atoms with Gasteiger partial charge in [-0.1, -0.05) is 45.7 Å². The molecule has 0 radical (unpaired) electrons. The summed E-state index contributed by atoms with van der Waals surface area (Å²) in [6, 6.07) is 14.9. The highest BCUT2D eigenvalue weighted by Gasteiger charge is 2.27. The van der Waals surface area contributed by atoms with E-state index < -0.39 is 15.9 Å². The maximum Gasteiger partial charge on any atom is 0.252 e. The molecule has 150 valence electrons. The van der Waals surface area contributed by atoms with Crippen LogP contribution in [0.15, 0.2) is 53.0 Å². The number of hydrogen-bond acceptors (Lipinski definition) is 4. The second kappa shape index (κ2) is 9.26. The number of sulfonamides is 1. The van der Waals surface area contributed by atoms with E-state index in [9.17, 15) is 13.2 Å². The van der Waals surface area contributed by atoms with Crippen molar-refractivity contribution in [1.82, 2.24) is 9.62 Å². The second-order valence-corrected chi connectivity index (χ2v) is 9.83. The van der Waals surface area contributed by atoms with Gasteiger partial charge in [-0.2, -0.15) is 4.31 Å². The minimum atomic E-state index is -3.44. The lowest BCUT2D eigenvalue weighted by molar-refractivity contribution is 0.0956. The molecule has 6 nitrogen and oxygen atoms in total. The lowest BCUT2D eigenvalue weighted by Gasteiger charge is -2.35. The lowest BCUT2D eigenvalue weighted by atomic mass is 10.2. The molecule has 0 unspecified atom stereocenters. The van der Waals surface area contributed by atoms with Crippen molar-refractivity contribution in [2.45, 2.75) is 0 Å². The van der Waals surface area contributed by atoms with Crippen molar-refractivity contribution >= 4 is 49.1 Å². The molecule has 1 saturated heterocycles. The average molecular weight is 487 g/mol. The molecular formula is C19H21BrClN3O3S. The Morgan fingerprint density at radius 3 is 2.43 bits per heavy atom. The molecule has 1 aliphatic rings. The van der Waals surface area contributed by atoms with Gasteiger partial charge in [0.1, 0.15) is 0 Å². The molecule has 0 aromatic heterocycles. The molecule has 2 aromatic carbocycles. The van der Waals surface area contributed by atoms with Gasteiger partial charge in [0, 0.05) is 42.9 Å². The van der Waals surface area contributed by atoms with Crippen molar-refractivity contribution in [3.05, 3.63) is 63.6 Å². The summed E-state index contributed by atoms with van der Waals surface area (Å²) in [5, 5.41) is 2.96. The van der Waals surface area contributed by atoms with Crippen LogP contribution in [0.1, 0.15) is 10.4 Å². The molecule has 1 amide bonds. The first-order valence-corrected chi connectivity index (χ1v) is 11.7. The van der Waals surface area contributed by atoms with E-state index in [2.05, 4.69) is 26.1 Å². The van der Waals surface area contributed by atoms with E-state index in [1.807, 2.05) is 30.3 Å². The largest absolute Gasteiger partial charge is 0.369 e. The van der Waals surface area contributed by atoms with Gasteiger partial charge >= 0.3 is 0 Å². The Kier molecular flexibility index (Phi) is 6.98. The smallest absolute Gasteiger partial charge is 0.252 e. The van der Waals surface area contributed by atoms with Crippen molar-refractivity contribution in [2.24, 2.45) is 0 Å². The van der Waals surface area contributed by atoms with Crippen LogP contribution in [0.2, 0.25) is 5.02 Å². The molecule has 1 heterocycles.